The van der Waals surface area contributed by atoms with Crippen LogP contribution in [-0.4, -0.2) is 30.9 Å². The second kappa shape index (κ2) is 8.97. The molecule has 3 rings (SSSR count). The molecule has 0 bridgehead atoms. The molecule has 29 heavy (non-hydrogen) atoms. The molecule has 0 spiro atoms. The molecule has 3 aromatic carbocycles. The van der Waals surface area contributed by atoms with Crippen LogP contribution in [0.25, 0.3) is 10.8 Å². The summed E-state index contributed by atoms with van der Waals surface area (Å²) in [5.41, 5.74) is -0.00493. The molecule has 0 atom stereocenters. The maximum Gasteiger partial charge on any atom is 0.344 e. The van der Waals surface area contributed by atoms with Gasteiger partial charge in [0.15, 0.2) is 13.2 Å². The molecule has 1 N–H and O–H groups in total. The molecular weight excluding hydrogens is 377 g/mol. The minimum Gasteiger partial charge on any atom is -0.482 e. The van der Waals surface area contributed by atoms with Crippen molar-refractivity contribution < 1.29 is 28.2 Å². The smallest absolute Gasteiger partial charge is 0.344 e. The Balaban J connectivity index is 1.52. The number of benzene rings is 3. The van der Waals surface area contributed by atoms with Crippen molar-refractivity contribution in [3.63, 3.8) is 0 Å². The SMILES string of the molecule is CC(=O)Nc1ccc(C(=O)COC(=O)COc2ccc3ccccc3c2)c(F)c1. The van der Waals surface area contributed by atoms with Crippen molar-refractivity contribution in [1.82, 2.24) is 0 Å². The van der Waals surface area contributed by atoms with Gasteiger partial charge in [-0.1, -0.05) is 30.3 Å². The molecule has 7 heteroatoms. The molecule has 0 fully saturated rings. The van der Waals surface area contributed by atoms with Gasteiger partial charge in [0.25, 0.3) is 0 Å². The number of esters is 1. The molecule has 0 unspecified atom stereocenters. The molecule has 0 aliphatic rings. The van der Waals surface area contributed by atoms with Gasteiger partial charge in [-0.2, -0.15) is 0 Å². The van der Waals surface area contributed by atoms with Gasteiger partial charge in [0.2, 0.25) is 11.7 Å². The van der Waals surface area contributed by atoms with Gasteiger partial charge in [-0.25, -0.2) is 9.18 Å². The van der Waals surface area contributed by atoms with E-state index >= 15 is 0 Å². The Hall–Kier alpha value is -3.74. The summed E-state index contributed by atoms with van der Waals surface area (Å²) in [7, 11) is 0. The lowest BCUT2D eigenvalue weighted by molar-refractivity contribution is -0.144. The molecule has 0 radical (unpaired) electrons. The van der Waals surface area contributed by atoms with E-state index in [4.69, 9.17) is 9.47 Å². The predicted molar refractivity (Wildman–Crippen MR) is 105 cm³/mol. The number of amides is 1. The number of ketones is 1. The topological polar surface area (TPSA) is 81.7 Å². The summed E-state index contributed by atoms with van der Waals surface area (Å²) in [5, 5.41) is 4.42. The number of hydrogen-bond acceptors (Lipinski definition) is 5. The first kappa shape index (κ1) is 20.0. The number of anilines is 1. The van der Waals surface area contributed by atoms with Gasteiger partial charge in [-0.3, -0.25) is 9.59 Å². The number of nitrogens with one attached hydrogen (secondary N) is 1. The van der Waals surface area contributed by atoms with Crippen LogP contribution in [-0.2, 0) is 14.3 Å². The zero-order valence-corrected chi connectivity index (χ0v) is 15.6. The van der Waals surface area contributed by atoms with Crippen LogP contribution in [0.1, 0.15) is 17.3 Å². The Morgan fingerprint density at radius 3 is 2.41 bits per heavy atom. The van der Waals surface area contributed by atoms with Crippen LogP contribution < -0.4 is 10.1 Å². The average Bonchev–Trinajstić information content (AvgIpc) is 2.70. The van der Waals surface area contributed by atoms with Gasteiger partial charge in [0, 0.05) is 12.6 Å². The molecule has 6 nitrogen and oxygen atoms in total. The third-order valence-electron chi connectivity index (χ3n) is 4.03. The number of halogens is 1. The fraction of sp³-hybridized carbons (Fsp3) is 0.136. The fourth-order valence-corrected chi connectivity index (χ4v) is 2.69. The standard InChI is InChI=1S/C22H18FNO5/c1-14(25)24-17-7-9-19(20(23)11-17)21(26)12-29-22(27)13-28-18-8-6-15-4-2-3-5-16(15)10-18/h2-11H,12-13H2,1H3,(H,24,25). The largest absolute Gasteiger partial charge is 0.482 e. The molecule has 0 saturated heterocycles. The molecule has 3 aromatic rings. The number of rotatable bonds is 7. The second-order valence-electron chi connectivity index (χ2n) is 6.26. The van der Waals surface area contributed by atoms with E-state index in [0.717, 1.165) is 16.8 Å². The Kier molecular flexibility index (Phi) is 6.19. The summed E-state index contributed by atoms with van der Waals surface area (Å²) in [6.07, 6.45) is 0. The van der Waals surface area contributed by atoms with Crippen LogP contribution in [0.2, 0.25) is 0 Å². The number of carbonyl (C=O) groups excluding carboxylic acids is 3. The van der Waals surface area contributed by atoms with Gasteiger partial charge < -0.3 is 14.8 Å². The second-order valence-corrected chi connectivity index (χ2v) is 6.26. The van der Waals surface area contributed by atoms with Crippen molar-refractivity contribution in [1.29, 1.82) is 0 Å². The number of ether oxygens (including phenoxy) is 2. The molecule has 148 valence electrons. The van der Waals surface area contributed by atoms with Gasteiger partial charge in [-0.15, -0.1) is 0 Å². The van der Waals surface area contributed by atoms with E-state index in [1.54, 1.807) is 12.1 Å². The summed E-state index contributed by atoms with van der Waals surface area (Å²) in [6.45, 7) is 0.294. The first-order valence-corrected chi connectivity index (χ1v) is 8.80. The third-order valence-corrected chi connectivity index (χ3v) is 4.03. The monoisotopic (exact) mass is 395 g/mol. The van der Waals surface area contributed by atoms with Crippen molar-refractivity contribution >= 4 is 34.1 Å². The van der Waals surface area contributed by atoms with Crippen LogP contribution in [0.3, 0.4) is 0 Å². The maximum atomic E-state index is 14.0. The van der Waals surface area contributed by atoms with Crippen LogP contribution in [0.4, 0.5) is 10.1 Å². The lowest BCUT2D eigenvalue weighted by Gasteiger charge is -2.09. The average molecular weight is 395 g/mol. The Morgan fingerprint density at radius 1 is 0.931 bits per heavy atom. The maximum absolute atomic E-state index is 14.0. The van der Waals surface area contributed by atoms with E-state index < -0.39 is 24.2 Å². The first-order chi connectivity index (χ1) is 13.9. The zero-order valence-electron chi connectivity index (χ0n) is 15.6. The number of fused-ring (bicyclic) bond motifs is 1. The first-order valence-electron chi connectivity index (χ1n) is 8.80. The van der Waals surface area contributed by atoms with Crippen LogP contribution >= 0.6 is 0 Å². The summed E-state index contributed by atoms with van der Waals surface area (Å²) in [4.78, 5) is 34.9. The molecule has 0 saturated carbocycles. The molecule has 0 aliphatic carbocycles. The van der Waals surface area contributed by atoms with E-state index in [1.807, 2.05) is 30.3 Å². The highest BCUT2D eigenvalue weighted by atomic mass is 19.1. The van der Waals surface area contributed by atoms with Crippen molar-refractivity contribution in [3.05, 3.63) is 72.0 Å². The minimum absolute atomic E-state index is 0.229. The van der Waals surface area contributed by atoms with Gasteiger partial charge in [-0.05, 0) is 41.1 Å². The summed E-state index contributed by atoms with van der Waals surface area (Å²) in [5.74, 6) is -2.13. The molecular formula is C22H18FNO5. The quantitative estimate of drug-likeness (QED) is 0.487. The highest BCUT2D eigenvalue weighted by Crippen LogP contribution is 2.20. The number of hydrogen-bond donors (Lipinski definition) is 1. The van der Waals surface area contributed by atoms with Crippen LogP contribution in [0.15, 0.2) is 60.7 Å². The summed E-state index contributed by atoms with van der Waals surface area (Å²) >= 11 is 0. The van der Waals surface area contributed by atoms with Gasteiger partial charge >= 0.3 is 5.97 Å². The minimum atomic E-state index is -0.815. The van der Waals surface area contributed by atoms with Crippen molar-refractivity contribution in [3.8, 4) is 5.75 Å². The number of carbonyl (C=O) groups is 3. The zero-order chi connectivity index (χ0) is 20.8. The molecule has 0 heterocycles. The Morgan fingerprint density at radius 2 is 1.69 bits per heavy atom. The lowest BCUT2D eigenvalue weighted by Crippen LogP contribution is -2.20. The summed E-state index contributed by atoms with van der Waals surface area (Å²) in [6, 6.07) is 16.7. The fourth-order valence-electron chi connectivity index (χ4n) is 2.69. The van der Waals surface area contributed by atoms with Crippen molar-refractivity contribution in [2.24, 2.45) is 0 Å². The third kappa shape index (κ3) is 5.38. The van der Waals surface area contributed by atoms with Crippen molar-refractivity contribution in [2.75, 3.05) is 18.5 Å². The van der Waals surface area contributed by atoms with E-state index in [0.29, 0.717) is 5.75 Å². The highest BCUT2D eigenvalue weighted by Gasteiger charge is 2.15. The Labute approximate surface area is 166 Å². The van der Waals surface area contributed by atoms with E-state index in [1.165, 1.54) is 19.1 Å². The van der Waals surface area contributed by atoms with E-state index in [2.05, 4.69) is 5.32 Å². The van der Waals surface area contributed by atoms with Crippen molar-refractivity contribution in [2.45, 2.75) is 6.92 Å². The van der Waals surface area contributed by atoms with Gasteiger partial charge in [0.1, 0.15) is 11.6 Å². The van der Waals surface area contributed by atoms with E-state index in [-0.39, 0.29) is 23.8 Å². The van der Waals surface area contributed by atoms with Crippen LogP contribution in [0.5, 0.6) is 5.75 Å². The summed E-state index contributed by atoms with van der Waals surface area (Å²) < 4.78 is 24.3. The Bertz CT molecular complexity index is 1080. The lowest BCUT2D eigenvalue weighted by atomic mass is 10.1. The highest BCUT2D eigenvalue weighted by molar-refractivity contribution is 5.99. The molecule has 0 aromatic heterocycles. The van der Waals surface area contributed by atoms with Crippen LogP contribution in [0, 0.1) is 5.82 Å². The normalized spacial score (nSPS) is 10.4. The molecule has 1 amide bonds. The van der Waals surface area contributed by atoms with E-state index in [9.17, 15) is 18.8 Å². The number of Topliss-reactive ketones (excluding diaryl/α,β-unsaturated/α-hetero) is 1. The molecule has 0 aliphatic heterocycles. The van der Waals surface area contributed by atoms with Gasteiger partial charge in [0.05, 0.1) is 5.56 Å². The predicted octanol–water partition coefficient (Wildman–Crippen LogP) is 3.74.